The van der Waals surface area contributed by atoms with E-state index in [1.54, 1.807) is 61.8 Å². The Morgan fingerprint density at radius 1 is 0.982 bits per heavy atom. The highest BCUT2D eigenvalue weighted by atomic mass is 32.2. The zero-order valence-electron chi connectivity index (χ0n) is 31.3. The molecule has 4 aromatic rings. The van der Waals surface area contributed by atoms with Gasteiger partial charge in [0.15, 0.2) is 21.3 Å². The number of sulfone groups is 1. The minimum atomic E-state index is -5.48. The number of hydroxylamine groups is 1. The van der Waals surface area contributed by atoms with Gasteiger partial charge >= 0.3 is 18.2 Å². The average molecular weight is 802 g/mol. The Kier molecular flexibility index (Phi) is 12.6. The zero-order chi connectivity index (χ0) is 40.9. The highest BCUT2D eigenvalue weighted by molar-refractivity contribution is 7.91. The van der Waals surface area contributed by atoms with Gasteiger partial charge in [-0.15, -0.1) is 5.06 Å². The monoisotopic (exact) mass is 801 g/mol. The summed E-state index contributed by atoms with van der Waals surface area (Å²) in [4.78, 5) is 49.3. The number of methoxy groups -OCH3 is 1. The lowest BCUT2D eigenvalue weighted by atomic mass is 10.00. The minimum Gasteiger partial charge on any atom is -0.490 e. The van der Waals surface area contributed by atoms with Crippen molar-refractivity contribution in [2.45, 2.75) is 69.8 Å². The topological polar surface area (TPSA) is 171 Å². The molecule has 300 valence electrons. The second-order valence-electron chi connectivity index (χ2n) is 13.0. The molecule has 5 rings (SSSR count). The molecule has 2 heterocycles. The van der Waals surface area contributed by atoms with E-state index in [0.29, 0.717) is 29.2 Å². The normalized spacial score (nSPS) is 15.0. The van der Waals surface area contributed by atoms with E-state index in [9.17, 15) is 31.2 Å². The molecule has 2 atom stereocenters. The van der Waals surface area contributed by atoms with Crippen LogP contribution in [0.15, 0.2) is 78.0 Å². The van der Waals surface area contributed by atoms with Gasteiger partial charge < -0.3 is 23.9 Å². The number of hydrazine groups is 1. The van der Waals surface area contributed by atoms with Gasteiger partial charge in [0.05, 0.1) is 47.9 Å². The number of anilines is 2. The Morgan fingerprint density at radius 3 is 2.38 bits per heavy atom. The molecule has 1 fully saturated rings. The maximum absolute atomic E-state index is 15.1. The molecular formula is C38H42F3N5O9S. The van der Waals surface area contributed by atoms with Crippen molar-refractivity contribution < 1.29 is 55.0 Å². The van der Waals surface area contributed by atoms with Crippen molar-refractivity contribution in [3.8, 4) is 11.5 Å². The van der Waals surface area contributed by atoms with Crippen LogP contribution in [0.4, 0.5) is 29.3 Å². The fourth-order valence-electron chi connectivity index (χ4n) is 6.40. The number of nitrogens with two attached hydrogens (primary N) is 1. The van der Waals surface area contributed by atoms with Crippen molar-refractivity contribution in [1.82, 2.24) is 9.88 Å². The van der Waals surface area contributed by atoms with Crippen LogP contribution < -0.4 is 25.4 Å². The summed E-state index contributed by atoms with van der Waals surface area (Å²) in [5.74, 6) is 4.02. The van der Waals surface area contributed by atoms with Crippen LogP contribution in [-0.4, -0.2) is 74.6 Å². The Morgan fingerprint density at radius 2 is 1.71 bits per heavy atom. The van der Waals surface area contributed by atoms with Crippen molar-refractivity contribution in [3.63, 3.8) is 0 Å². The van der Waals surface area contributed by atoms with E-state index in [2.05, 4.69) is 14.6 Å². The van der Waals surface area contributed by atoms with Crippen LogP contribution in [0.3, 0.4) is 0 Å². The maximum atomic E-state index is 15.1. The van der Waals surface area contributed by atoms with E-state index < -0.39 is 51.8 Å². The minimum absolute atomic E-state index is 0.0247. The van der Waals surface area contributed by atoms with E-state index in [0.717, 1.165) is 36.1 Å². The van der Waals surface area contributed by atoms with Crippen LogP contribution in [0, 0.1) is 0 Å². The summed E-state index contributed by atoms with van der Waals surface area (Å²) in [5.41, 5.74) is 0.380. The quantitative estimate of drug-likeness (QED) is 0.121. The molecular weight excluding hydrogens is 760 g/mol. The van der Waals surface area contributed by atoms with Gasteiger partial charge in [0, 0.05) is 24.3 Å². The molecule has 1 aliphatic rings. The number of likely N-dealkylation sites (tertiary alicyclic amines) is 1. The number of carbonyl (C=O) groups is 3. The average Bonchev–Trinajstić information content (AvgIpc) is 3.67. The second kappa shape index (κ2) is 17.0. The van der Waals surface area contributed by atoms with Gasteiger partial charge in [-0.1, -0.05) is 19.1 Å². The lowest BCUT2D eigenvalue weighted by Gasteiger charge is -2.35. The zero-order valence-corrected chi connectivity index (χ0v) is 32.1. The van der Waals surface area contributed by atoms with Crippen molar-refractivity contribution >= 4 is 50.0 Å². The first-order chi connectivity index (χ1) is 26.5. The van der Waals surface area contributed by atoms with Gasteiger partial charge in [0.1, 0.15) is 6.04 Å². The smallest absolute Gasteiger partial charge is 0.490 e. The first-order valence-electron chi connectivity index (χ1n) is 17.7. The molecule has 0 bridgehead atoms. The van der Waals surface area contributed by atoms with Gasteiger partial charge in [-0.3, -0.25) is 14.8 Å². The number of amides is 2. The number of nitrogens with zero attached hydrogens (tertiary/aromatic N) is 4. The summed E-state index contributed by atoms with van der Waals surface area (Å²) in [7, 11) is -3.18. The molecule has 0 aliphatic carbocycles. The van der Waals surface area contributed by atoms with E-state index in [1.165, 1.54) is 16.8 Å². The molecule has 2 N–H and O–H groups in total. The number of pyridine rings is 1. The summed E-state index contributed by atoms with van der Waals surface area (Å²) >= 11 is 0. The Labute approximate surface area is 321 Å². The fourth-order valence-corrected chi connectivity index (χ4v) is 7.54. The van der Waals surface area contributed by atoms with Gasteiger partial charge in [0.25, 0.3) is 5.91 Å². The molecule has 1 aliphatic heterocycles. The maximum Gasteiger partial charge on any atom is 0.493 e. The summed E-state index contributed by atoms with van der Waals surface area (Å²) < 4.78 is 83.2. The molecule has 3 aromatic carbocycles. The van der Waals surface area contributed by atoms with Crippen molar-refractivity contribution in [2.24, 2.45) is 5.84 Å². The molecule has 1 aromatic heterocycles. The third-order valence-corrected chi connectivity index (χ3v) is 10.8. The van der Waals surface area contributed by atoms with Crippen molar-refractivity contribution in [1.29, 1.82) is 0 Å². The van der Waals surface area contributed by atoms with Gasteiger partial charge in [-0.25, -0.2) is 23.8 Å². The summed E-state index contributed by atoms with van der Waals surface area (Å²) in [6.07, 6.45) is -3.28. The number of halogens is 3. The van der Waals surface area contributed by atoms with Gasteiger partial charge in [-0.05, 0) is 98.7 Å². The predicted octanol–water partition coefficient (Wildman–Crippen LogP) is 6.59. The number of carbonyl (C=O) groups excluding carboxylic acids is 3. The van der Waals surface area contributed by atoms with Crippen LogP contribution in [0.25, 0.3) is 10.8 Å². The third-order valence-electron chi connectivity index (χ3n) is 8.96. The standard InChI is InChI=1S/C38H42F3N5O9S/c1-6-53-32-20-25(11-14-31(32)54-23(3)4)34(45(42)27-12-10-26-22-43-17-16-24(26)19-27)35(47)44-18-8-9-30(44)29-21-28(13-15-33(29)56(50,51)7-2)46(37(49)52-5)55-36(48)38(39,40)41/h10-17,19-23,30,34H,6-9,18,42H2,1-5H3/t30?,34-/m1/s1. The van der Waals surface area contributed by atoms with Crippen molar-refractivity contribution in [2.75, 3.05) is 36.1 Å². The van der Waals surface area contributed by atoms with Crippen LogP contribution in [0.1, 0.15) is 63.7 Å². The van der Waals surface area contributed by atoms with E-state index in [1.807, 2.05) is 13.8 Å². The van der Waals surface area contributed by atoms with E-state index >= 15 is 4.79 Å². The van der Waals surface area contributed by atoms with Crippen LogP contribution >= 0.6 is 0 Å². The third kappa shape index (κ3) is 8.91. The molecule has 0 radical (unpaired) electrons. The molecule has 1 saturated heterocycles. The molecule has 18 heteroatoms. The highest BCUT2D eigenvalue weighted by Gasteiger charge is 2.45. The first kappa shape index (κ1) is 41.5. The van der Waals surface area contributed by atoms with Crippen LogP contribution in [0.5, 0.6) is 11.5 Å². The fraction of sp³-hybridized carbons (Fsp3) is 0.368. The largest absolute Gasteiger partial charge is 0.493 e. The number of hydrogen-bond acceptors (Lipinski definition) is 12. The number of hydrogen-bond donors (Lipinski definition) is 1. The Bertz CT molecular complexity index is 2200. The van der Waals surface area contributed by atoms with Crippen LogP contribution in [0.2, 0.25) is 0 Å². The predicted molar refractivity (Wildman–Crippen MR) is 199 cm³/mol. The van der Waals surface area contributed by atoms with Gasteiger partial charge in [0.2, 0.25) is 0 Å². The van der Waals surface area contributed by atoms with Crippen LogP contribution in [-0.2, 0) is 29.0 Å². The lowest BCUT2D eigenvalue weighted by Crippen LogP contribution is -2.46. The number of fused-ring (bicyclic) bond motifs is 1. The number of benzene rings is 3. The molecule has 1 unspecified atom stereocenters. The number of alkyl halides is 3. The SMILES string of the molecule is CCOc1cc([C@H](C(=O)N2CCCC2c2cc(N(OC(=O)C(F)(F)F)C(=O)OC)ccc2S(=O)(=O)CC)N(N)c2ccc3cnccc3c2)ccc1OC(C)C. The first-order valence-corrected chi connectivity index (χ1v) is 19.3. The molecule has 0 spiro atoms. The molecule has 14 nitrogen and oxygen atoms in total. The summed E-state index contributed by atoms with van der Waals surface area (Å²) in [5, 5.41) is 2.88. The molecule has 2 amide bonds. The van der Waals surface area contributed by atoms with E-state index in [-0.39, 0.29) is 47.0 Å². The second-order valence-corrected chi connectivity index (χ2v) is 15.2. The number of aromatic nitrogens is 1. The molecule has 0 saturated carbocycles. The summed E-state index contributed by atoms with van der Waals surface area (Å²) in [6, 6.07) is 13.0. The highest BCUT2D eigenvalue weighted by Crippen LogP contribution is 2.42. The van der Waals surface area contributed by atoms with Gasteiger partial charge in [-0.2, -0.15) is 13.2 Å². The summed E-state index contributed by atoms with van der Waals surface area (Å²) in [6.45, 7) is 7.32. The molecule has 56 heavy (non-hydrogen) atoms. The Hall–Kier alpha value is -5.62. The lowest BCUT2D eigenvalue weighted by molar-refractivity contribution is -0.200. The Balaban J connectivity index is 1.66. The van der Waals surface area contributed by atoms with Crippen molar-refractivity contribution in [3.05, 3.63) is 84.2 Å². The number of ether oxygens (including phenoxy) is 3. The number of rotatable bonds is 12. The van der Waals surface area contributed by atoms with E-state index in [4.69, 9.17) is 15.3 Å².